The molecule has 0 amide bonds. The molecular formula is C29H26ClN9. The number of nitrogens with zero attached hydrogens (tertiary/aromatic N) is 7. The predicted molar refractivity (Wildman–Crippen MR) is 149 cm³/mol. The number of hydrogen-bond acceptors (Lipinski definition) is 8. The standard InChI is InChI=1S/C29H26ClN9/c1-28(2,3)17-35-25-20(13-32)14-34-27-22(25)10-21(11-23(27)30)36-26(19-6-4-5-18(9-19)12-31)24-15-39(38-37-24)29(16-33)7-8-29/h4-6,9-11,14-15,26,36H,7-8,17H2,1-3H3,(H,34,35). The molecule has 4 aromatic rings. The molecule has 2 N–H and O–H groups in total. The Labute approximate surface area is 231 Å². The molecular weight excluding hydrogens is 510 g/mol. The Morgan fingerprint density at radius 2 is 1.92 bits per heavy atom. The Hall–Kier alpha value is -4.65. The van der Waals surface area contributed by atoms with E-state index in [1.54, 1.807) is 29.1 Å². The number of anilines is 2. The van der Waals surface area contributed by atoms with Crippen LogP contribution in [0.2, 0.25) is 5.02 Å². The van der Waals surface area contributed by atoms with Crippen LogP contribution in [0.3, 0.4) is 0 Å². The highest BCUT2D eigenvalue weighted by atomic mass is 35.5. The van der Waals surface area contributed by atoms with Gasteiger partial charge in [0, 0.05) is 23.8 Å². The first-order valence-corrected chi connectivity index (χ1v) is 12.9. The molecule has 194 valence electrons. The first-order chi connectivity index (χ1) is 18.7. The molecule has 2 heterocycles. The van der Waals surface area contributed by atoms with Crippen LogP contribution in [0.5, 0.6) is 0 Å². The fraction of sp³-hybridized carbons (Fsp3) is 0.310. The molecule has 1 aliphatic rings. The van der Waals surface area contributed by atoms with Gasteiger partial charge in [-0.3, -0.25) is 4.98 Å². The molecule has 0 bridgehead atoms. The van der Waals surface area contributed by atoms with Crippen molar-refractivity contribution >= 4 is 33.9 Å². The normalized spacial score (nSPS) is 14.6. The third-order valence-corrected chi connectivity index (χ3v) is 6.97. The second-order valence-corrected chi connectivity index (χ2v) is 11.4. The van der Waals surface area contributed by atoms with E-state index < -0.39 is 11.6 Å². The molecule has 2 aromatic carbocycles. The largest absolute Gasteiger partial charge is 0.383 e. The molecule has 0 radical (unpaired) electrons. The molecule has 1 saturated carbocycles. The molecule has 1 unspecified atom stereocenters. The number of nitriles is 3. The maximum Gasteiger partial charge on any atom is 0.150 e. The van der Waals surface area contributed by atoms with Crippen LogP contribution in [0.15, 0.2) is 48.8 Å². The zero-order valence-corrected chi connectivity index (χ0v) is 22.6. The lowest BCUT2D eigenvalue weighted by Crippen LogP contribution is -2.20. The number of nitrogens with one attached hydrogen (secondary N) is 2. The maximum absolute atomic E-state index is 9.79. The van der Waals surface area contributed by atoms with Crippen molar-refractivity contribution in [3.63, 3.8) is 0 Å². The van der Waals surface area contributed by atoms with Gasteiger partial charge in [-0.15, -0.1) is 5.10 Å². The van der Waals surface area contributed by atoms with E-state index in [1.165, 1.54) is 6.20 Å². The van der Waals surface area contributed by atoms with Crippen molar-refractivity contribution in [2.45, 2.75) is 45.2 Å². The lowest BCUT2D eigenvalue weighted by Gasteiger charge is -2.22. The van der Waals surface area contributed by atoms with Gasteiger partial charge in [-0.25, -0.2) is 4.68 Å². The van der Waals surface area contributed by atoms with Gasteiger partial charge in [0.2, 0.25) is 0 Å². The Morgan fingerprint density at radius 1 is 1.13 bits per heavy atom. The topological polar surface area (TPSA) is 139 Å². The van der Waals surface area contributed by atoms with Crippen molar-refractivity contribution in [1.29, 1.82) is 15.8 Å². The van der Waals surface area contributed by atoms with Gasteiger partial charge in [-0.1, -0.05) is 49.7 Å². The second-order valence-electron chi connectivity index (χ2n) is 11.0. The molecule has 39 heavy (non-hydrogen) atoms. The van der Waals surface area contributed by atoms with Crippen LogP contribution in [0, 0.1) is 39.4 Å². The molecule has 1 fully saturated rings. The highest BCUT2D eigenvalue weighted by Gasteiger charge is 2.46. The van der Waals surface area contributed by atoms with Gasteiger partial charge in [-0.05, 0) is 48.1 Å². The van der Waals surface area contributed by atoms with Crippen LogP contribution < -0.4 is 10.6 Å². The van der Waals surface area contributed by atoms with Crippen LogP contribution in [-0.4, -0.2) is 26.5 Å². The SMILES string of the molecule is CC(C)(C)CNc1c(C#N)cnc2c(Cl)cc(NC(c3cccc(C#N)c3)c3cn(C4(C#N)CC4)nn3)cc12. The summed E-state index contributed by atoms with van der Waals surface area (Å²) in [4.78, 5) is 4.45. The zero-order chi connectivity index (χ0) is 27.8. The van der Waals surface area contributed by atoms with Crippen molar-refractivity contribution in [1.82, 2.24) is 20.0 Å². The summed E-state index contributed by atoms with van der Waals surface area (Å²) in [5.41, 5.74) is 3.58. The van der Waals surface area contributed by atoms with Crippen molar-refractivity contribution < 1.29 is 0 Å². The van der Waals surface area contributed by atoms with Crippen LogP contribution in [0.25, 0.3) is 10.9 Å². The first kappa shape index (κ1) is 26.0. The van der Waals surface area contributed by atoms with E-state index in [2.05, 4.69) is 64.9 Å². The summed E-state index contributed by atoms with van der Waals surface area (Å²) in [5.74, 6) is 0. The number of aromatic nitrogens is 4. The van der Waals surface area contributed by atoms with Crippen molar-refractivity contribution in [3.05, 3.63) is 76.2 Å². The Balaban J connectivity index is 1.60. The van der Waals surface area contributed by atoms with Gasteiger partial charge in [0.15, 0.2) is 5.54 Å². The molecule has 2 aromatic heterocycles. The summed E-state index contributed by atoms with van der Waals surface area (Å²) in [7, 11) is 0. The number of halogens is 1. The smallest absolute Gasteiger partial charge is 0.150 e. The third-order valence-electron chi connectivity index (χ3n) is 6.68. The average Bonchev–Trinajstić information content (AvgIpc) is 3.57. The van der Waals surface area contributed by atoms with Crippen LogP contribution in [-0.2, 0) is 5.54 Å². The summed E-state index contributed by atoms with van der Waals surface area (Å²) in [6.07, 6.45) is 4.77. The zero-order valence-electron chi connectivity index (χ0n) is 21.8. The number of rotatable bonds is 7. The van der Waals surface area contributed by atoms with E-state index in [0.717, 1.165) is 18.4 Å². The Bertz CT molecular complexity index is 1690. The predicted octanol–water partition coefficient (Wildman–Crippen LogP) is 5.90. The summed E-state index contributed by atoms with van der Waals surface area (Å²) in [6, 6.07) is 17.2. The fourth-order valence-corrected chi connectivity index (χ4v) is 4.65. The minimum atomic E-state index is -0.649. The molecule has 0 saturated heterocycles. The first-order valence-electron chi connectivity index (χ1n) is 12.5. The van der Waals surface area contributed by atoms with Gasteiger partial charge in [0.25, 0.3) is 0 Å². The molecule has 1 atom stereocenters. The molecule has 9 nitrogen and oxygen atoms in total. The number of fused-ring (bicyclic) bond motifs is 1. The number of hydrogen-bond donors (Lipinski definition) is 2. The van der Waals surface area contributed by atoms with E-state index >= 15 is 0 Å². The van der Waals surface area contributed by atoms with E-state index in [4.69, 9.17) is 11.6 Å². The van der Waals surface area contributed by atoms with Crippen LogP contribution in [0.1, 0.15) is 62.0 Å². The molecule has 1 aliphatic carbocycles. The maximum atomic E-state index is 9.79. The van der Waals surface area contributed by atoms with Gasteiger partial charge in [0.05, 0.1) is 51.7 Å². The van der Waals surface area contributed by atoms with Gasteiger partial charge in [0.1, 0.15) is 11.8 Å². The molecule has 0 spiro atoms. The lowest BCUT2D eigenvalue weighted by molar-refractivity contribution is 0.443. The monoisotopic (exact) mass is 535 g/mol. The van der Waals surface area contributed by atoms with E-state index in [1.807, 2.05) is 18.2 Å². The lowest BCUT2D eigenvalue weighted by atomic mass is 9.96. The highest BCUT2D eigenvalue weighted by molar-refractivity contribution is 6.35. The third kappa shape index (κ3) is 5.21. The fourth-order valence-electron chi connectivity index (χ4n) is 4.38. The van der Waals surface area contributed by atoms with Crippen molar-refractivity contribution in [2.75, 3.05) is 17.2 Å². The minimum absolute atomic E-state index is 0.0208. The van der Waals surface area contributed by atoms with E-state index in [-0.39, 0.29) is 5.41 Å². The van der Waals surface area contributed by atoms with E-state index in [9.17, 15) is 15.8 Å². The second kappa shape index (κ2) is 9.91. The Kier molecular flexibility index (Phi) is 6.60. The quantitative estimate of drug-likeness (QED) is 0.298. The molecule has 5 rings (SSSR count). The van der Waals surface area contributed by atoms with E-state index in [0.29, 0.717) is 50.7 Å². The molecule has 0 aliphatic heterocycles. The highest BCUT2D eigenvalue weighted by Crippen LogP contribution is 2.43. The van der Waals surface area contributed by atoms with Crippen LogP contribution >= 0.6 is 11.6 Å². The number of benzene rings is 2. The van der Waals surface area contributed by atoms with Gasteiger partial charge in [-0.2, -0.15) is 15.8 Å². The van der Waals surface area contributed by atoms with Crippen molar-refractivity contribution in [3.8, 4) is 18.2 Å². The summed E-state index contributed by atoms with van der Waals surface area (Å²) in [5, 5.41) is 45.6. The molecule has 10 heteroatoms. The summed E-state index contributed by atoms with van der Waals surface area (Å²) in [6.45, 7) is 6.98. The van der Waals surface area contributed by atoms with Crippen LogP contribution in [0.4, 0.5) is 11.4 Å². The summed E-state index contributed by atoms with van der Waals surface area (Å²) < 4.78 is 1.62. The van der Waals surface area contributed by atoms with Gasteiger partial charge < -0.3 is 10.6 Å². The summed E-state index contributed by atoms with van der Waals surface area (Å²) >= 11 is 6.71. The minimum Gasteiger partial charge on any atom is -0.383 e. The van der Waals surface area contributed by atoms with Gasteiger partial charge >= 0.3 is 0 Å². The Morgan fingerprint density at radius 3 is 2.59 bits per heavy atom. The van der Waals surface area contributed by atoms with Crippen molar-refractivity contribution in [2.24, 2.45) is 5.41 Å². The number of pyridine rings is 1. The average molecular weight is 536 g/mol.